The van der Waals surface area contributed by atoms with Crippen LogP contribution >= 0.6 is 0 Å². The van der Waals surface area contributed by atoms with E-state index in [4.69, 9.17) is 0 Å². The number of carbonyl (C=O) groups excluding carboxylic acids is 2. The molecule has 2 aliphatic carbocycles. The molecule has 1 saturated carbocycles. The molecule has 0 aromatic rings. The van der Waals surface area contributed by atoms with Gasteiger partial charge in [-0.1, -0.05) is 81.7 Å². The van der Waals surface area contributed by atoms with Gasteiger partial charge in [-0.3, -0.25) is 9.59 Å². The van der Waals surface area contributed by atoms with E-state index in [9.17, 15) is 24.8 Å². The van der Waals surface area contributed by atoms with Crippen molar-refractivity contribution in [2.75, 3.05) is 0 Å². The third-order valence-corrected chi connectivity index (χ3v) is 11.8. The molecule has 0 unspecified atom stereocenters. The summed E-state index contributed by atoms with van der Waals surface area (Å²) in [5.41, 5.74) is -1.46. The van der Waals surface area contributed by atoms with Crippen LogP contribution in [0.15, 0.2) is 11.6 Å². The van der Waals surface area contributed by atoms with Gasteiger partial charge in [0.1, 0.15) is 11.9 Å². The lowest BCUT2D eigenvalue weighted by Gasteiger charge is -2.64. The van der Waals surface area contributed by atoms with Crippen LogP contribution in [0, 0.1) is 55.7 Å². The van der Waals surface area contributed by atoms with Gasteiger partial charge in [0.05, 0.1) is 12.0 Å². The van der Waals surface area contributed by atoms with Gasteiger partial charge in [0, 0.05) is 11.8 Å². The van der Waals surface area contributed by atoms with Crippen molar-refractivity contribution in [2.45, 2.75) is 134 Å². The summed E-state index contributed by atoms with van der Waals surface area (Å²) in [5.74, 6) is -0.686. The van der Waals surface area contributed by atoms with E-state index in [2.05, 4.69) is 61.5 Å². The molecule has 2 aliphatic rings. The highest BCUT2D eigenvalue weighted by molar-refractivity contribution is 6.04. The molecule has 0 bridgehead atoms. The second-order valence-electron chi connectivity index (χ2n) is 15.8. The Labute approximate surface area is 238 Å². The second-order valence-corrected chi connectivity index (χ2v) is 15.8. The minimum atomic E-state index is -0.749. The Morgan fingerprint density at radius 2 is 1.62 bits per heavy atom. The molecule has 0 aliphatic heterocycles. The van der Waals surface area contributed by atoms with Crippen LogP contribution in [0.1, 0.15) is 134 Å². The molecule has 0 aromatic heterocycles. The molecule has 5 heteroatoms. The largest absolute Gasteiger partial charge is 0.481 e. The SMILES string of the molecule is CCC(C)(C)CC[C@@](C)(CCC(C)(C)[C@]1(C)CC[C@H]2C(C)(C)C(=O)C(C#N)=C[C@]2(C)[C@H]1CC(C)=O)CC(=O)O. The Balaban J connectivity index is 2.51. The molecule has 220 valence electrons. The zero-order chi connectivity index (χ0) is 30.2. The van der Waals surface area contributed by atoms with Crippen molar-refractivity contribution in [3.8, 4) is 6.07 Å². The molecule has 1 N–H and O–H groups in total. The van der Waals surface area contributed by atoms with Crippen molar-refractivity contribution < 1.29 is 19.5 Å². The van der Waals surface area contributed by atoms with Crippen molar-refractivity contribution >= 4 is 17.5 Å². The lowest BCUT2D eigenvalue weighted by atomic mass is 9.39. The Bertz CT molecular complexity index is 1040. The summed E-state index contributed by atoms with van der Waals surface area (Å²) in [7, 11) is 0. The van der Waals surface area contributed by atoms with Gasteiger partial charge < -0.3 is 9.90 Å². The number of hydrogen-bond donors (Lipinski definition) is 1. The Kier molecular flexibility index (Phi) is 9.49. The third kappa shape index (κ3) is 6.52. The minimum absolute atomic E-state index is 0.0308. The fraction of sp³-hybridized carbons (Fsp3) is 0.824. The van der Waals surface area contributed by atoms with Crippen molar-refractivity contribution in [2.24, 2.45) is 44.3 Å². The zero-order valence-corrected chi connectivity index (χ0v) is 26.7. The first kappa shape index (κ1) is 33.2. The van der Waals surface area contributed by atoms with Crippen LogP contribution in [0.5, 0.6) is 0 Å². The lowest BCUT2D eigenvalue weighted by Crippen LogP contribution is -2.60. The quantitative estimate of drug-likeness (QED) is 0.267. The number of carbonyl (C=O) groups is 3. The van der Waals surface area contributed by atoms with Gasteiger partial charge in [-0.2, -0.15) is 5.26 Å². The van der Waals surface area contributed by atoms with E-state index in [0.717, 1.165) is 44.9 Å². The highest BCUT2D eigenvalue weighted by atomic mass is 16.4. The van der Waals surface area contributed by atoms with E-state index in [0.29, 0.717) is 6.42 Å². The molecule has 5 atom stereocenters. The number of allylic oxidation sites excluding steroid dienone is 2. The zero-order valence-electron chi connectivity index (χ0n) is 26.7. The van der Waals surface area contributed by atoms with Gasteiger partial charge in [0.2, 0.25) is 0 Å². The molecule has 0 aromatic carbocycles. The van der Waals surface area contributed by atoms with E-state index in [1.807, 2.05) is 19.9 Å². The molecule has 5 nitrogen and oxygen atoms in total. The Hall–Kier alpha value is -1.96. The molecule has 1 fully saturated rings. The topological polar surface area (TPSA) is 95.2 Å². The fourth-order valence-corrected chi connectivity index (χ4v) is 8.09. The second kappa shape index (κ2) is 11.1. The van der Waals surface area contributed by atoms with E-state index >= 15 is 0 Å². The molecular weight excluding hydrogens is 486 g/mol. The normalized spacial score (nSPS) is 30.5. The first-order valence-corrected chi connectivity index (χ1v) is 15.0. The molecule has 0 saturated heterocycles. The standard InChI is InChI=1S/C34H55NO4/c1-12-29(3,4)15-17-32(9,21-27(37)38)18-16-30(5,6)34(11)14-13-25-31(7,8)28(39)24(22-35)20-33(25,10)26(34)19-23(2)36/h20,25-26H,12-19,21H2,1-11H3,(H,37,38)/t25-,26+,32-,33-,34+/m0/s1. The summed E-state index contributed by atoms with van der Waals surface area (Å²) in [6, 6.07) is 2.17. The molecule has 39 heavy (non-hydrogen) atoms. The molecule has 0 spiro atoms. The maximum absolute atomic E-state index is 13.2. The van der Waals surface area contributed by atoms with Gasteiger partial charge in [0.15, 0.2) is 5.78 Å². The Morgan fingerprint density at radius 3 is 2.10 bits per heavy atom. The number of aliphatic carboxylic acids is 1. The number of Topliss-reactive ketones (excluding diaryl/α,β-unsaturated/α-hetero) is 2. The van der Waals surface area contributed by atoms with Crippen molar-refractivity contribution in [1.29, 1.82) is 5.26 Å². The first-order valence-electron chi connectivity index (χ1n) is 15.0. The average molecular weight is 542 g/mol. The van der Waals surface area contributed by atoms with Gasteiger partial charge in [-0.15, -0.1) is 0 Å². The van der Waals surface area contributed by atoms with Crippen molar-refractivity contribution in [1.82, 2.24) is 0 Å². The number of ketones is 2. The number of carboxylic acid groups (broad SMARTS) is 1. The summed E-state index contributed by atoms with van der Waals surface area (Å²) in [4.78, 5) is 37.9. The van der Waals surface area contributed by atoms with E-state index in [-0.39, 0.29) is 57.1 Å². The van der Waals surface area contributed by atoms with Crippen molar-refractivity contribution in [3.05, 3.63) is 11.6 Å². The van der Waals surface area contributed by atoms with Gasteiger partial charge in [0.25, 0.3) is 0 Å². The van der Waals surface area contributed by atoms with E-state index in [1.165, 1.54) is 0 Å². The highest BCUT2D eigenvalue weighted by Crippen LogP contribution is 2.68. The van der Waals surface area contributed by atoms with Crippen LogP contribution in [0.4, 0.5) is 0 Å². The highest BCUT2D eigenvalue weighted by Gasteiger charge is 2.63. The van der Waals surface area contributed by atoms with Crippen LogP contribution in [-0.4, -0.2) is 22.6 Å². The number of carboxylic acids is 1. The smallest absolute Gasteiger partial charge is 0.303 e. The van der Waals surface area contributed by atoms with Crippen LogP contribution < -0.4 is 0 Å². The summed E-state index contributed by atoms with van der Waals surface area (Å²) in [6.45, 7) is 23.5. The summed E-state index contributed by atoms with van der Waals surface area (Å²) >= 11 is 0. The number of nitrogens with zero attached hydrogens (tertiary/aromatic N) is 1. The average Bonchev–Trinajstić information content (AvgIpc) is 2.81. The van der Waals surface area contributed by atoms with Gasteiger partial charge in [-0.25, -0.2) is 0 Å². The molecule has 2 rings (SSSR count). The van der Waals surface area contributed by atoms with Gasteiger partial charge >= 0.3 is 5.97 Å². The maximum atomic E-state index is 13.2. The van der Waals surface area contributed by atoms with E-state index < -0.39 is 16.8 Å². The van der Waals surface area contributed by atoms with Crippen LogP contribution in [-0.2, 0) is 14.4 Å². The maximum Gasteiger partial charge on any atom is 0.303 e. The van der Waals surface area contributed by atoms with Crippen LogP contribution in [0.3, 0.4) is 0 Å². The number of nitriles is 1. The summed E-state index contributed by atoms with van der Waals surface area (Å²) in [6.07, 6.45) is 8.79. The summed E-state index contributed by atoms with van der Waals surface area (Å²) < 4.78 is 0. The molecule has 0 heterocycles. The molecule has 0 radical (unpaired) electrons. The Morgan fingerprint density at radius 1 is 1.05 bits per heavy atom. The monoisotopic (exact) mass is 541 g/mol. The molecular formula is C34H55NO4. The third-order valence-electron chi connectivity index (χ3n) is 11.8. The lowest BCUT2D eigenvalue weighted by molar-refractivity contribution is -0.156. The predicted octanol–water partition coefficient (Wildman–Crippen LogP) is 8.57. The number of hydrogen-bond acceptors (Lipinski definition) is 4. The van der Waals surface area contributed by atoms with E-state index in [1.54, 1.807) is 6.92 Å². The number of rotatable bonds is 12. The minimum Gasteiger partial charge on any atom is -0.481 e. The van der Waals surface area contributed by atoms with Crippen LogP contribution in [0.25, 0.3) is 0 Å². The predicted molar refractivity (Wildman–Crippen MR) is 157 cm³/mol. The summed E-state index contributed by atoms with van der Waals surface area (Å²) in [5, 5.41) is 19.7. The number of fused-ring (bicyclic) bond motifs is 1. The van der Waals surface area contributed by atoms with Gasteiger partial charge in [-0.05, 0) is 84.4 Å². The van der Waals surface area contributed by atoms with Crippen LogP contribution in [0.2, 0.25) is 0 Å². The fourth-order valence-electron chi connectivity index (χ4n) is 8.09. The molecule has 0 amide bonds. The van der Waals surface area contributed by atoms with Crippen molar-refractivity contribution in [3.63, 3.8) is 0 Å². The first-order chi connectivity index (χ1) is 17.6.